The smallest absolute Gasteiger partial charge is 0.329 e. The lowest BCUT2D eigenvalue weighted by Gasteiger charge is -2.24. The molecule has 1 aromatic rings. The Bertz CT molecular complexity index is 779. The minimum atomic E-state index is -1.11. The standard InChI is InChI=1S/C22H30N2O6/c1-15(9-4-3-5-12-18(25)20(23)26)30-22(28)17-11-8-14-24(17)21(27)16-10-6-7-13-19(16)29-2/h6-8,10,13-15,17-18,25H,3-5,9,11-12H2,1-2H3,(H2,23,26)/t15-,17+,18-/m1/s1. The van der Waals surface area contributed by atoms with Crippen LogP contribution in [-0.4, -0.2) is 53.1 Å². The Labute approximate surface area is 176 Å². The zero-order valence-electron chi connectivity index (χ0n) is 17.5. The van der Waals surface area contributed by atoms with Gasteiger partial charge in [0.15, 0.2) is 0 Å². The summed E-state index contributed by atoms with van der Waals surface area (Å²) in [6, 6.07) is 6.18. The van der Waals surface area contributed by atoms with Crippen LogP contribution in [0.1, 0.15) is 55.8 Å². The maximum atomic E-state index is 12.9. The quantitative estimate of drug-likeness (QED) is 0.420. The molecule has 164 valence electrons. The molecule has 1 aliphatic heterocycles. The second-order valence-electron chi connectivity index (χ2n) is 7.35. The number of hydrogen-bond acceptors (Lipinski definition) is 6. The van der Waals surface area contributed by atoms with Gasteiger partial charge in [-0.1, -0.05) is 31.1 Å². The molecule has 8 nitrogen and oxygen atoms in total. The van der Waals surface area contributed by atoms with E-state index in [0.29, 0.717) is 37.0 Å². The third kappa shape index (κ3) is 6.32. The van der Waals surface area contributed by atoms with Gasteiger partial charge in [0.25, 0.3) is 5.91 Å². The summed E-state index contributed by atoms with van der Waals surface area (Å²) in [4.78, 5) is 37.7. The third-order valence-electron chi connectivity index (χ3n) is 5.04. The fourth-order valence-corrected chi connectivity index (χ4v) is 3.32. The molecule has 0 saturated heterocycles. The first kappa shape index (κ1) is 23.4. The lowest BCUT2D eigenvalue weighted by molar-refractivity contribution is -0.152. The van der Waals surface area contributed by atoms with Crippen LogP contribution in [0.25, 0.3) is 0 Å². The molecule has 2 rings (SSSR count). The number of para-hydroxylation sites is 1. The first-order valence-corrected chi connectivity index (χ1v) is 10.1. The number of carbonyl (C=O) groups excluding carboxylic acids is 3. The van der Waals surface area contributed by atoms with Crippen LogP contribution >= 0.6 is 0 Å². The molecule has 0 radical (unpaired) electrons. The predicted octanol–water partition coefficient (Wildman–Crippen LogP) is 2.15. The molecule has 3 N–H and O–H groups in total. The highest BCUT2D eigenvalue weighted by molar-refractivity contribution is 6.00. The van der Waals surface area contributed by atoms with Crippen LogP contribution < -0.4 is 10.5 Å². The van der Waals surface area contributed by atoms with E-state index in [4.69, 9.17) is 15.2 Å². The SMILES string of the molecule is COc1ccccc1C(=O)N1C=CC[C@H]1C(=O)O[C@H](C)CCCCC[C@@H](O)C(N)=O. The minimum Gasteiger partial charge on any atom is -0.496 e. The number of ether oxygens (including phenoxy) is 2. The molecule has 8 heteroatoms. The van der Waals surface area contributed by atoms with Crippen molar-refractivity contribution in [2.24, 2.45) is 5.73 Å². The predicted molar refractivity (Wildman–Crippen MR) is 111 cm³/mol. The minimum absolute atomic E-state index is 0.303. The number of hydrogen-bond donors (Lipinski definition) is 2. The lowest BCUT2D eigenvalue weighted by atomic mass is 10.1. The Morgan fingerprint density at radius 1 is 1.20 bits per heavy atom. The van der Waals surface area contributed by atoms with Crippen molar-refractivity contribution in [2.75, 3.05) is 7.11 Å². The molecular formula is C22H30N2O6. The number of esters is 1. The van der Waals surface area contributed by atoms with Crippen LogP contribution in [0, 0.1) is 0 Å². The molecule has 3 atom stereocenters. The van der Waals surface area contributed by atoms with E-state index < -0.39 is 24.0 Å². The van der Waals surface area contributed by atoms with Crippen molar-refractivity contribution < 1.29 is 29.0 Å². The highest BCUT2D eigenvalue weighted by Crippen LogP contribution is 2.25. The maximum Gasteiger partial charge on any atom is 0.329 e. The summed E-state index contributed by atoms with van der Waals surface area (Å²) in [5.74, 6) is -1.02. The van der Waals surface area contributed by atoms with Gasteiger partial charge in [-0.15, -0.1) is 0 Å². The molecule has 0 saturated carbocycles. The normalized spacial score (nSPS) is 17.4. The zero-order valence-corrected chi connectivity index (χ0v) is 17.5. The van der Waals surface area contributed by atoms with Gasteiger partial charge in [0.05, 0.1) is 18.8 Å². The maximum absolute atomic E-state index is 12.9. The number of aliphatic hydroxyl groups excluding tert-OH is 1. The van der Waals surface area contributed by atoms with E-state index in [9.17, 15) is 19.5 Å². The van der Waals surface area contributed by atoms with Gasteiger partial charge in [0.2, 0.25) is 5.91 Å². The summed E-state index contributed by atoms with van der Waals surface area (Å²) in [7, 11) is 1.49. The van der Waals surface area contributed by atoms with E-state index in [1.54, 1.807) is 36.5 Å². The van der Waals surface area contributed by atoms with Crippen molar-refractivity contribution in [3.8, 4) is 5.75 Å². The Morgan fingerprint density at radius 2 is 1.90 bits per heavy atom. The average molecular weight is 418 g/mol. The third-order valence-corrected chi connectivity index (χ3v) is 5.04. The Balaban J connectivity index is 1.83. The van der Waals surface area contributed by atoms with Gasteiger partial charge in [-0.3, -0.25) is 9.59 Å². The van der Waals surface area contributed by atoms with Crippen LogP contribution in [0.5, 0.6) is 5.75 Å². The second-order valence-corrected chi connectivity index (χ2v) is 7.35. The Hall–Kier alpha value is -2.87. The van der Waals surface area contributed by atoms with Gasteiger partial charge < -0.3 is 25.2 Å². The topological polar surface area (TPSA) is 119 Å². The molecule has 1 aliphatic rings. The number of carbonyl (C=O) groups is 3. The highest BCUT2D eigenvalue weighted by atomic mass is 16.5. The molecule has 0 fully saturated rings. The number of benzene rings is 1. The summed E-state index contributed by atoms with van der Waals surface area (Å²) in [5.41, 5.74) is 5.40. The summed E-state index contributed by atoms with van der Waals surface area (Å²) < 4.78 is 10.8. The van der Waals surface area contributed by atoms with Crippen LogP contribution in [0.3, 0.4) is 0 Å². The van der Waals surface area contributed by atoms with Crippen molar-refractivity contribution >= 4 is 17.8 Å². The number of nitrogens with two attached hydrogens (primary N) is 1. The number of unbranched alkanes of at least 4 members (excludes halogenated alkanes) is 2. The first-order chi connectivity index (χ1) is 14.3. The number of methoxy groups -OCH3 is 1. The van der Waals surface area contributed by atoms with Gasteiger partial charge in [0, 0.05) is 6.20 Å². The number of rotatable bonds is 11. The van der Waals surface area contributed by atoms with Crippen molar-refractivity contribution in [3.05, 3.63) is 42.1 Å². The molecule has 0 unspecified atom stereocenters. The molecule has 2 amide bonds. The largest absolute Gasteiger partial charge is 0.496 e. The molecular weight excluding hydrogens is 388 g/mol. The lowest BCUT2D eigenvalue weighted by Crippen LogP contribution is -2.40. The molecule has 1 aromatic carbocycles. The molecule has 1 heterocycles. The van der Waals surface area contributed by atoms with E-state index in [-0.39, 0.29) is 12.0 Å². The summed E-state index contributed by atoms with van der Waals surface area (Å²) >= 11 is 0. The van der Waals surface area contributed by atoms with Crippen LogP contribution in [0.15, 0.2) is 36.5 Å². The second kappa shape index (κ2) is 11.3. The van der Waals surface area contributed by atoms with Gasteiger partial charge in [-0.25, -0.2) is 4.79 Å². The fourth-order valence-electron chi connectivity index (χ4n) is 3.32. The molecule has 0 spiro atoms. The van der Waals surface area contributed by atoms with Crippen LogP contribution in [0.2, 0.25) is 0 Å². The molecule has 30 heavy (non-hydrogen) atoms. The van der Waals surface area contributed by atoms with Gasteiger partial charge >= 0.3 is 5.97 Å². The van der Waals surface area contributed by atoms with E-state index in [1.165, 1.54) is 12.0 Å². The van der Waals surface area contributed by atoms with E-state index in [0.717, 1.165) is 12.8 Å². The molecule has 0 bridgehead atoms. The van der Waals surface area contributed by atoms with Crippen molar-refractivity contribution in [1.29, 1.82) is 0 Å². The van der Waals surface area contributed by atoms with Crippen LogP contribution in [0.4, 0.5) is 0 Å². The average Bonchev–Trinajstić information content (AvgIpc) is 3.22. The number of aliphatic hydroxyl groups is 1. The first-order valence-electron chi connectivity index (χ1n) is 10.1. The van der Waals surface area contributed by atoms with Gasteiger partial charge in [-0.2, -0.15) is 0 Å². The van der Waals surface area contributed by atoms with Crippen molar-refractivity contribution in [2.45, 2.75) is 63.7 Å². The van der Waals surface area contributed by atoms with E-state index in [2.05, 4.69) is 0 Å². The number of amides is 2. The Morgan fingerprint density at radius 3 is 2.60 bits per heavy atom. The number of primary amides is 1. The van der Waals surface area contributed by atoms with Crippen molar-refractivity contribution in [1.82, 2.24) is 4.90 Å². The van der Waals surface area contributed by atoms with E-state index in [1.807, 2.05) is 6.92 Å². The summed E-state index contributed by atoms with van der Waals surface area (Å²) in [5, 5.41) is 9.37. The fraction of sp³-hybridized carbons (Fsp3) is 0.500. The van der Waals surface area contributed by atoms with Gasteiger partial charge in [-0.05, 0) is 44.7 Å². The summed E-state index contributed by atoms with van der Waals surface area (Å²) in [6.45, 7) is 1.81. The number of nitrogens with zero attached hydrogens (tertiary/aromatic N) is 1. The van der Waals surface area contributed by atoms with Crippen LogP contribution in [-0.2, 0) is 14.3 Å². The van der Waals surface area contributed by atoms with Gasteiger partial charge in [0.1, 0.15) is 17.9 Å². The monoisotopic (exact) mass is 418 g/mol. The highest BCUT2D eigenvalue weighted by Gasteiger charge is 2.34. The molecule has 0 aliphatic carbocycles. The zero-order chi connectivity index (χ0) is 22.1. The summed E-state index contributed by atoms with van der Waals surface area (Å²) in [6.07, 6.45) is 5.59. The molecule has 0 aromatic heterocycles. The van der Waals surface area contributed by atoms with Crippen molar-refractivity contribution in [3.63, 3.8) is 0 Å². The van der Waals surface area contributed by atoms with E-state index >= 15 is 0 Å². The Kier molecular flexibility index (Phi) is 8.86.